The third kappa shape index (κ3) is 6.98. The van der Waals surface area contributed by atoms with Crippen LogP contribution in [0.15, 0.2) is 30.9 Å². The summed E-state index contributed by atoms with van der Waals surface area (Å²) in [6, 6.07) is 6.12. The topological polar surface area (TPSA) is 0 Å². The molecule has 34 heavy (non-hydrogen) atoms. The molecular formula is C33H51F. The van der Waals surface area contributed by atoms with Crippen LogP contribution in [0.4, 0.5) is 4.39 Å². The van der Waals surface area contributed by atoms with Gasteiger partial charge in [-0.1, -0.05) is 76.5 Å². The molecule has 0 aromatic heterocycles. The molecular weight excluding hydrogens is 415 g/mol. The number of hydrogen-bond acceptors (Lipinski definition) is 0. The van der Waals surface area contributed by atoms with E-state index in [0.29, 0.717) is 5.92 Å². The maximum absolute atomic E-state index is 14.6. The molecule has 3 aliphatic rings. The van der Waals surface area contributed by atoms with Gasteiger partial charge in [0.15, 0.2) is 0 Å². The predicted molar refractivity (Wildman–Crippen MR) is 145 cm³/mol. The highest BCUT2D eigenvalue weighted by molar-refractivity contribution is 5.28. The molecule has 3 fully saturated rings. The van der Waals surface area contributed by atoms with Gasteiger partial charge in [-0.25, -0.2) is 4.39 Å². The quantitative estimate of drug-likeness (QED) is 0.225. The summed E-state index contributed by atoms with van der Waals surface area (Å²) in [6.07, 6.45) is 26.6. The van der Waals surface area contributed by atoms with Crippen molar-refractivity contribution in [2.24, 2.45) is 29.6 Å². The first-order chi connectivity index (χ1) is 16.7. The molecule has 0 N–H and O–H groups in total. The van der Waals surface area contributed by atoms with Crippen LogP contribution in [-0.4, -0.2) is 0 Å². The largest absolute Gasteiger partial charge is 0.207 e. The highest BCUT2D eigenvalue weighted by Crippen LogP contribution is 2.51. The lowest BCUT2D eigenvalue weighted by Crippen LogP contribution is -2.34. The van der Waals surface area contributed by atoms with Gasteiger partial charge in [-0.05, 0) is 117 Å². The minimum atomic E-state index is 0.00161. The molecule has 0 nitrogen and oxygen atoms in total. The minimum Gasteiger partial charge on any atom is -0.207 e. The molecule has 0 spiro atoms. The van der Waals surface area contributed by atoms with Gasteiger partial charge in [0.2, 0.25) is 0 Å². The van der Waals surface area contributed by atoms with E-state index in [9.17, 15) is 4.39 Å². The summed E-state index contributed by atoms with van der Waals surface area (Å²) in [5, 5.41) is 0. The van der Waals surface area contributed by atoms with Crippen LogP contribution in [0.25, 0.3) is 0 Å². The van der Waals surface area contributed by atoms with Gasteiger partial charge in [0.1, 0.15) is 5.82 Å². The third-order valence-corrected chi connectivity index (χ3v) is 10.1. The Bertz CT molecular complexity index is 743. The van der Waals surface area contributed by atoms with Gasteiger partial charge < -0.3 is 0 Å². The Balaban J connectivity index is 1.20. The number of rotatable bonds is 11. The van der Waals surface area contributed by atoms with Gasteiger partial charge in [-0.3, -0.25) is 0 Å². The molecule has 190 valence electrons. The summed E-state index contributed by atoms with van der Waals surface area (Å²) in [6.45, 7) is 6.08. The molecule has 0 aliphatic heterocycles. The fourth-order valence-electron chi connectivity index (χ4n) is 7.92. The molecule has 0 saturated heterocycles. The molecule has 4 rings (SSSR count). The number of hydrogen-bond donors (Lipinski definition) is 0. The van der Waals surface area contributed by atoms with Gasteiger partial charge in [0.25, 0.3) is 0 Å². The summed E-state index contributed by atoms with van der Waals surface area (Å²) in [4.78, 5) is 0. The average Bonchev–Trinajstić information content (AvgIpc) is 2.87. The molecule has 3 saturated carbocycles. The SMILES string of the molecule is C=CCCc1ccc(C2CCC3CC(C4CCC(CCCCCCC)CC4)CCC3C2)cc1F. The van der Waals surface area contributed by atoms with Crippen LogP contribution >= 0.6 is 0 Å². The van der Waals surface area contributed by atoms with Crippen LogP contribution in [0.1, 0.15) is 133 Å². The zero-order valence-corrected chi connectivity index (χ0v) is 22.1. The van der Waals surface area contributed by atoms with E-state index in [1.165, 1.54) is 108 Å². The van der Waals surface area contributed by atoms with E-state index in [2.05, 4.69) is 19.6 Å². The van der Waals surface area contributed by atoms with E-state index < -0.39 is 0 Å². The van der Waals surface area contributed by atoms with E-state index in [-0.39, 0.29) is 5.82 Å². The number of allylic oxidation sites excluding steroid dienone is 1. The van der Waals surface area contributed by atoms with Crippen molar-refractivity contribution < 1.29 is 4.39 Å². The lowest BCUT2D eigenvalue weighted by atomic mass is 9.60. The summed E-state index contributed by atoms with van der Waals surface area (Å²) in [5.74, 6) is 5.47. The van der Waals surface area contributed by atoms with E-state index in [1.54, 1.807) is 0 Å². The van der Waals surface area contributed by atoms with Crippen molar-refractivity contribution in [3.05, 3.63) is 47.8 Å². The Morgan fingerprint density at radius 1 is 0.824 bits per heavy atom. The maximum Gasteiger partial charge on any atom is 0.126 e. The van der Waals surface area contributed by atoms with Crippen LogP contribution in [-0.2, 0) is 6.42 Å². The first kappa shape index (κ1) is 26.0. The Kier molecular flexibility index (Phi) is 10.1. The molecule has 0 heterocycles. The Morgan fingerprint density at radius 3 is 2.24 bits per heavy atom. The second-order valence-corrected chi connectivity index (χ2v) is 12.3. The molecule has 1 aromatic carbocycles. The molecule has 4 atom stereocenters. The highest BCUT2D eigenvalue weighted by Gasteiger charge is 2.39. The number of halogens is 1. The van der Waals surface area contributed by atoms with E-state index in [1.807, 2.05) is 18.2 Å². The molecule has 1 aromatic rings. The summed E-state index contributed by atoms with van der Waals surface area (Å²) in [7, 11) is 0. The lowest BCUT2D eigenvalue weighted by Gasteiger charge is -2.45. The van der Waals surface area contributed by atoms with Crippen molar-refractivity contribution in [2.45, 2.75) is 128 Å². The second kappa shape index (κ2) is 13.3. The van der Waals surface area contributed by atoms with Crippen molar-refractivity contribution >= 4 is 0 Å². The average molecular weight is 467 g/mol. The first-order valence-electron chi connectivity index (χ1n) is 15.1. The molecule has 0 amide bonds. The van der Waals surface area contributed by atoms with Crippen LogP contribution in [0, 0.1) is 35.4 Å². The van der Waals surface area contributed by atoms with E-state index in [0.717, 1.165) is 48.0 Å². The van der Waals surface area contributed by atoms with Gasteiger partial charge >= 0.3 is 0 Å². The number of fused-ring (bicyclic) bond motifs is 1. The van der Waals surface area contributed by atoms with Gasteiger partial charge in [-0.15, -0.1) is 6.58 Å². The van der Waals surface area contributed by atoms with Crippen molar-refractivity contribution in [1.82, 2.24) is 0 Å². The van der Waals surface area contributed by atoms with Gasteiger partial charge in [-0.2, -0.15) is 0 Å². The van der Waals surface area contributed by atoms with Crippen LogP contribution < -0.4 is 0 Å². The normalized spacial score (nSPS) is 31.7. The monoisotopic (exact) mass is 466 g/mol. The van der Waals surface area contributed by atoms with Crippen molar-refractivity contribution in [3.63, 3.8) is 0 Å². The molecule has 0 radical (unpaired) electrons. The maximum atomic E-state index is 14.6. The minimum absolute atomic E-state index is 0.00161. The van der Waals surface area contributed by atoms with Crippen LogP contribution in [0.2, 0.25) is 0 Å². The second-order valence-electron chi connectivity index (χ2n) is 12.3. The molecule has 4 unspecified atom stereocenters. The summed E-state index contributed by atoms with van der Waals surface area (Å²) >= 11 is 0. The molecule has 1 heteroatoms. The smallest absolute Gasteiger partial charge is 0.126 e. The van der Waals surface area contributed by atoms with Gasteiger partial charge in [0, 0.05) is 0 Å². The summed E-state index contributed by atoms with van der Waals surface area (Å²) in [5.41, 5.74) is 2.11. The van der Waals surface area contributed by atoms with Crippen molar-refractivity contribution in [2.75, 3.05) is 0 Å². The number of benzene rings is 1. The number of unbranched alkanes of at least 4 members (excludes halogenated alkanes) is 4. The Hall–Kier alpha value is -1.11. The molecule has 0 bridgehead atoms. The third-order valence-electron chi connectivity index (χ3n) is 10.1. The fourth-order valence-corrected chi connectivity index (χ4v) is 7.92. The van der Waals surface area contributed by atoms with Crippen LogP contribution in [0.3, 0.4) is 0 Å². The Labute approximate surface area is 210 Å². The Morgan fingerprint density at radius 2 is 1.50 bits per heavy atom. The summed E-state index contributed by atoms with van der Waals surface area (Å²) < 4.78 is 14.6. The first-order valence-corrected chi connectivity index (χ1v) is 15.1. The van der Waals surface area contributed by atoms with E-state index >= 15 is 0 Å². The van der Waals surface area contributed by atoms with Crippen LogP contribution in [0.5, 0.6) is 0 Å². The van der Waals surface area contributed by atoms with Gasteiger partial charge in [0.05, 0.1) is 0 Å². The fraction of sp³-hybridized carbons (Fsp3) is 0.758. The zero-order chi connectivity index (χ0) is 23.8. The molecule has 3 aliphatic carbocycles. The zero-order valence-electron chi connectivity index (χ0n) is 22.1. The van der Waals surface area contributed by atoms with Crippen molar-refractivity contribution in [3.8, 4) is 0 Å². The predicted octanol–water partition coefficient (Wildman–Crippen LogP) is 10.4. The number of aryl methyl sites for hydroxylation is 1. The van der Waals surface area contributed by atoms with E-state index in [4.69, 9.17) is 0 Å². The standard InChI is InChI=1S/C33H51F/c1-3-5-7-8-9-10-25-12-14-26(15-13-25)28-18-19-30-23-31(21-20-29(30)22-28)32-17-16-27(11-6-4-2)33(34)24-32/h4,16-17,24-26,28-31H,2-3,5-15,18-23H2,1H3. The lowest BCUT2D eigenvalue weighted by molar-refractivity contribution is 0.0710. The van der Waals surface area contributed by atoms with Crippen molar-refractivity contribution in [1.29, 1.82) is 0 Å². The highest BCUT2D eigenvalue weighted by atomic mass is 19.1.